The van der Waals surface area contributed by atoms with Crippen molar-refractivity contribution in [3.8, 4) is 22.8 Å². The molecule has 3 N–H and O–H groups in total. The molecule has 184 valence electrons. The largest absolute Gasteiger partial charge is 0.490 e. The van der Waals surface area contributed by atoms with Gasteiger partial charge in [-0.15, -0.1) is 10.2 Å². The van der Waals surface area contributed by atoms with Crippen molar-refractivity contribution in [2.75, 3.05) is 25.1 Å². The lowest BCUT2D eigenvalue weighted by molar-refractivity contribution is -0.117. The van der Waals surface area contributed by atoms with E-state index < -0.39 is 17.5 Å². The molecule has 4 rings (SSSR count). The van der Waals surface area contributed by atoms with E-state index in [0.717, 1.165) is 0 Å². The van der Waals surface area contributed by atoms with Gasteiger partial charge < -0.3 is 25.3 Å². The van der Waals surface area contributed by atoms with Crippen LogP contribution in [0.3, 0.4) is 0 Å². The smallest absolute Gasteiger partial charge is 0.221 e. The Morgan fingerprint density at radius 1 is 1.17 bits per heavy atom. The number of hydrogen-bond acceptors (Lipinski definition) is 7. The quantitative estimate of drug-likeness (QED) is 0.420. The average molecular weight is 485 g/mol. The van der Waals surface area contributed by atoms with Gasteiger partial charge in [-0.05, 0) is 43.7 Å². The van der Waals surface area contributed by atoms with E-state index >= 15 is 0 Å². The highest BCUT2D eigenvalue weighted by atomic mass is 19.1. The number of carbonyl (C=O) groups excluding carboxylic acids is 1. The lowest BCUT2D eigenvalue weighted by Gasteiger charge is -2.15. The third-order valence-corrected chi connectivity index (χ3v) is 5.28. The third kappa shape index (κ3) is 5.83. The predicted octanol–water partition coefficient (Wildman–Crippen LogP) is 3.93. The molecule has 0 bridgehead atoms. The first-order valence-corrected chi connectivity index (χ1v) is 11.2. The zero-order valence-electron chi connectivity index (χ0n) is 19.4. The fourth-order valence-electron chi connectivity index (χ4n) is 3.72. The Hall–Kier alpha value is -3.79. The van der Waals surface area contributed by atoms with Crippen molar-refractivity contribution in [1.82, 2.24) is 10.2 Å². The molecule has 3 aromatic rings. The van der Waals surface area contributed by atoms with Gasteiger partial charge in [0.05, 0.1) is 31.4 Å². The maximum atomic E-state index is 14.6. The van der Waals surface area contributed by atoms with Crippen molar-refractivity contribution in [2.24, 2.45) is 5.73 Å². The fourth-order valence-corrected chi connectivity index (χ4v) is 3.72. The topological polar surface area (TPSA) is 109 Å². The van der Waals surface area contributed by atoms with Gasteiger partial charge in [0.15, 0.2) is 11.6 Å². The lowest BCUT2D eigenvalue weighted by Crippen LogP contribution is -2.13. The van der Waals surface area contributed by atoms with E-state index in [0.29, 0.717) is 59.3 Å². The Balaban J connectivity index is 1.61. The molecule has 35 heavy (non-hydrogen) atoms. The van der Waals surface area contributed by atoms with E-state index in [4.69, 9.17) is 19.9 Å². The summed E-state index contributed by atoms with van der Waals surface area (Å²) in [5.41, 5.74) is 7.46. The maximum absolute atomic E-state index is 14.6. The molecule has 1 aliphatic heterocycles. The van der Waals surface area contributed by atoms with Gasteiger partial charge in [0, 0.05) is 23.6 Å². The Kier molecular flexibility index (Phi) is 7.40. The summed E-state index contributed by atoms with van der Waals surface area (Å²) in [5.74, 6) is -0.437. The summed E-state index contributed by atoms with van der Waals surface area (Å²) < 4.78 is 45.7. The molecule has 0 saturated heterocycles. The van der Waals surface area contributed by atoms with Crippen molar-refractivity contribution in [3.63, 3.8) is 0 Å². The second-order valence-electron chi connectivity index (χ2n) is 8.29. The number of aromatic nitrogens is 2. The molecule has 0 fully saturated rings. The van der Waals surface area contributed by atoms with Crippen LogP contribution < -0.4 is 20.5 Å². The zero-order chi connectivity index (χ0) is 24.9. The first-order chi connectivity index (χ1) is 16.8. The molecule has 1 aromatic heterocycles. The molecule has 2 heterocycles. The molecule has 0 unspecified atom stereocenters. The SMILES string of the molecule is CC(C)OCCOc1cc(F)ccc1-c1nnc(Nc2ccc(CC(N)=O)cc2F)c2c1OCC2. The number of amides is 1. The summed E-state index contributed by atoms with van der Waals surface area (Å²) in [6, 6.07) is 8.52. The minimum atomic E-state index is -0.555. The Labute approximate surface area is 201 Å². The number of carbonyl (C=O) groups is 1. The highest BCUT2D eigenvalue weighted by Crippen LogP contribution is 2.42. The molecule has 1 amide bonds. The molecule has 0 atom stereocenters. The molecular weight excluding hydrogens is 458 g/mol. The number of halogens is 2. The van der Waals surface area contributed by atoms with Crippen LogP contribution in [0.2, 0.25) is 0 Å². The number of nitrogens with two attached hydrogens (primary N) is 1. The molecule has 0 saturated carbocycles. The molecule has 10 heteroatoms. The number of fused-ring (bicyclic) bond motifs is 1. The molecule has 0 spiro atoms. The van der Waals surface area contributed by atoms with Crippen LogP contribution in [-0.4, -0.2) is 42.0 Å². The van der Waals surface area contributed by atoms with Gasteiger partial charge in [0.25, 0.3) is 0 Å². The van der Waals surface area contributed by atoms with Crippen molar-refractivity contribution in [1.29, 1.82) is 0 Å². The van der Waals surface area contributed by atoms with Crippen LogP contribution in [-0.2, 0) is 22.4 Å². The minimum Gasteiger partial charge on any atom is -0.490 e. The first-order valence-electron chi connectivity index (χ1n) is 11.2. The molecule has 8 nitrogen and oxygen atoms in total. The van der Waals surface area contributed by atoms with E-state index in [2.05, 4.69) is 15.5 Å². The molecular formula is C25H26F2N4O4. The predicted molar refractivity (Wildman–Crippen MR) is 126 cm³/mol. The van der Waals surface area contributed by atoms with Crippen LogP contribution in [0.5, 0.6) is 11.5 Å². The van der Waals surface area contributed by atoms with Crippen molar-refractivity contribution in [2.45, 2.75) is 32.8 Å². The van der Waals surface area contributed by atoms with Gasteiger partial charge in [-0.1, -0.05) is 6.07 Å². The number of nitrogens with one attached hydrogen (secondary N) is 1. The second-order valence-corrected chi connectivity index (χ2v) is 8.29. The summed E-state index contributed by atoms with van der Waals surface area (Å²) >= 11 is 0. The van der Waals surface area contributed by atoms with Gasteiger partial charge in [0.2, 0.25) is 5.91 Å². The summed E-state index contributed by atoms with van der Waals surface area (Å²) in [4.78, 5) is 11.1. The van der Waals surface area contributed by atoms with Crippen LogP contribution in [0.1, 0.15) is 25.0 Å². The van der Waals surface area contributed by atoms with Crippen LogP contribution >= 0.6 is 0 Å². The van der Waals surface area contributed by atoms with Gasteiger partial charge >= 0.3 is 0 Å². The molecule has 2 aromatic carbocycles. The van der Waals surface area contributed by atoms with Crippen LogP contribution in [0.4, 0.5) is 20.3 Å². The summed E-state index contributed by atoms with van der Waals surface area (Å²) in [6.07, 6.45) is 0.527. The highest BCUT2D eigenvalue weighted by Gasteiger charge is 2.26. The average Bonchev–Trinajstić information content (AvgIpc) is 3.29. The normalized spacial score (nSPS) is 12.4. The van der Waals surface area contributed by atoms with E-state index in [1.165, 1.54) is 24.3 Å². The Morgan fingerprint density at radius 3 is 2.74 bits per heavy atom. The highest BCUT2D eigenvalue weighted by molar-refractivity contribution is 5.78. The van der Waals surface area contributed by atoms with Crippen molar-refractivity contribution >= 4 is 17.4 Å². The number of benzene rings is 2. The van der Waals surface area contributed by atoms with E-state index in [1.54, 1.807) is 12.1 Å². The van der Waals surface area contributed by atoms with Crippen LogP contribution in [0.25, 0.3) is 11.3 Å². The van der Waals surface area contributed by atoms with Crippen LogP contribution in [0, 0.1) is 11.6 Å². The van der Waals surface area contributed by atoms with Crippen molar-refractivity contribution in [3.05, 3.63) is 59.2 Å². The molecule has 0 aliphatic carbocycles. The first kappa shape index (κ1) is 24.3. The van der Waals surface area contributed by atoms with Crippen molar-refractivity contribution < 1.29 is 27.8 Å². The van der Waals surface area contributed by atoms with Gasteiger partial charge in [-0.3, -0.25) is 4.79 Å². The third-order valence-electron chi connectivity index (χ3n) is 5.28. The van der Waals surface area contributed by atoms with E-state index in [9.17, 15) is 13.6 Å². The lowest BCUT2D eigenvalue weighted by atomic mass is 10.1. The number of nitrogens with zero attached hydrogens (tertiary/aromatic N) is 2. The maximum Gasteiger partial charge on any atom is 0.221 e. The minimum absolute atomic E-state index is 0.0531. The summed E-state index contributed by atoms with van der Waals surface area (Å²) in [6.45, 7) is 4.81. The number of anilines is 2. The van der Waals surface area contributed by atoms with E-state index in [-0.39, 0.29) is 24.8 Å². The van der Waals surface area contributed by atoms with Crippen LogP contribution in [0.15, 0.2) is 36.4 Å². The number of rotatable bonds is 10. The van der Waals surface area contributed by atoms with E-state index in [1.807, 2.05) is 13.8 Å². The molecule has 1 aliphatic rings. The number of primary amides is 1. The number of hydrogen-bond donors (Lipinski definition) is 2. The van der Waals surface area contributed by atoms with Gasteiger partial charge in [-0.25, -0.2) is 8.78 Å². The standard InChI is InChI=1S/C25H26F2N4O4/c1-14(2)33-9-10-34-21-13-16(26)4-5-17(21)23-24-18(7-8-35-24)25(31-30-23)29-20-6-3-15(11-19(20)27)12-22(28)32/h3-6,11,13-14H,7-10,12H2,1-2H3,(H2,28,32)(H,29,31). The monoisotopic (exact) mass is 484 g/mol. The Bertz CT molecular complexity index is 1240. The fraction of sp³-hybridized carbons (Fsp3) is 0.320. The molecule has 0 radical (unpaired) electrons. The van der Waals surface area contributed by atoms with Gasteiger partial charge in [-0.2, -0.15) is 0 Å². The number of ether oxygens (including phenoxy) is 3. The Morgan fingerprint density at radius 2 is 2.00 bits per heavy atom. The second kappa shape index (κ2) is 10.6. The zero-order valence-corrected chi connectivity index (χ0v) is 19.4. The summed E-state index contributed by atoms with van der Waals surface area (Å²) in [7, 11) is 0. The van der Waals surface area contributed by atoms with Gasteiger partial charge in [0.1, 0.15) is 29.7 Å². The summed E-state index contributed by atoms with van der Waals surface area (Å²) in [5, 5.41) is 11.5.